The van der Waals surface area contributed by atoms with Crippen LogP contribution in [0.4, 0.5) is 10.6 Å². The van der Waals surface area contributed by atoms with E-state index in [0.29, 0.717) is 21.7 Å². The van der Waals surface area contributed by atoms with E-state index in [9.17, 15) is 4.79 Å². The molecule has 0 spiro atoms. The maximum atomic E-state index is 12.1. The van der Waals surface area contributed by atoms with E-state index >= 15 is 0 Å². The predicted molar refractivity (Wildman–Crippen MR) is 135 cm³/mol. The fourth-order valence-corrected chi connectivity index (χ4v) is 4.57. The number of hydrogen-bond donors (Lipinski definition) is 1. The molecular weight excluding hydrogens is 478 g/mol. The van der Waals surface area contributed by atoms with Gasteiger partial charge in [0.15, 0.2) is 11.5 Å². The first-order valence-electron chi connectivity index (χ1n) is 10.6. The van der Waals surface area contributed by atoms with Crippen LogP contribution in [-0.2, 0) is 16.2 Å². The van der Waals surface area contributed by atoms with E-state index < -0.39 is 19.8 Å². The van der Waals surface area contributed by atoms with Crippen molar-refractivity contribution in [2.24, 2.45) is 0 Å². The van der Waals surface area contributed by atoms with E-state index in [1.807, 2.05) is 16.8 Å². The number of hydrogen-bond acceptors (Lipinski definition) is 7. The SMILES string of the molecule is CC(C)(C)OC(=O)Nc1nccc(Sc2cnc3c(ccn3COCC[Si](C)(C)C)n2)c1Cl. The van der Waals surface area contributed by atoms with Gasteiger partial charge in [-0.15, -0.1) is 0 Å². The summed E-state index contributed by atoms with van der Waals surface area (Å²) in [5.41, 5.74) is 0.912. The summed E-state index contributed by atoms with van der Waals surface area (Å²) in [5.74, 6) is 0.228. The van der Waals surface area contributed by atoms with Crippen LogP contribution in [0.15, 0.2) is 40.6 Å². The zero-order chi connectivity index (χ0) is 24.2. The third-order valence-corrected chi connectivity index (χ3v) is 7.52. The predicted octanol–water partition coefficient (Wildman–Crippen LogP) is 6.29. The first-order valence-corrected chi connectivity index (χ1v) is 15.5. The highest BCUT2D eigenvalue weighted by molar-refractivity contribution is 7.99. The fourth-order valence-electron chi connectivity index (χ4n) is 2.74. The third-order valence-electron chi connectivity index (χ3n) is 4.36. The van der Waals surface area contributed by atoms with Gasteiger partial charge in [0.1, 0.15) is 22.9 Å². The first kappa shape index (κ1) is 25.5. The van der Waals surface area contributed by atoms with E-state index in [4.69, 9.17) is 21.1 Å². The molecule has 3 aromatic rings. The minimum absolute atomic E-state index is 0.228. The molecule has 3 rings (SSSR count). The quantitative estimate of drug-likeness (QED) is 0.283. The number of rotatable bonds is 8. The van der Waals surface area contributed by atoms with Crippen LogP contribution in [0.25, 0.3) is 11.2 Å². The second-order valence-corrected chi connectivity index (χ2v) is 16.8. The fraction of sp³-hybridized carbons (Fsp3) is 0.455. The van der Waals surface area contributed by atoms with Crippen LogP contribution in [0.3, 0.4) is 0 Å². The van der Waals surface area contributed by atoms with E-state index in [-0.39, 0.29) is 5.82 Å². The van der Waals surface area contributed by atoms with Crippen molar-refractivity contribution in [3.63, 3.8) is 0 Å². The minimum atomic E-state index is -1.12. The van der Waals surface area contributed by atoms with E-state index in [1.54, 1.807) is 39.2 Å². The molecule has 8 nitrogen and oxygen atoms in total. The Morgan fingerprint density at radius 3 is 2.70 bits per heavy atom. The van der Waals surface area contributed by atoms with Crippen molar-refractivity contribution in [2.75, 3.05) is 11.9 Å². The van der Waals surface area contributed by atoms with Crippen molar-refractivity contribution in [1.29, 1.82) is 0 Å². The minimum Gasteiger partial charge on any atom is -0.444 e. The molecule has 3 heterocycles. The number of halogens is 1. The summed E-state index contributed by atoms with van der Waals surface area (Å²) in [6, 6.07) is 4.80. The van der Waals surface area contributed by atoms with Crippen LogP contribution in [0, 0.1) is 0 Å². The van der Waals surface area contributed by atoms with Crippen LogP contribution in [-0.4, -0.2) is 45.9 Å². The van der Waals surface area contributed by atoms with Gasteiger partial charge in [-0.05, 0) is 38.9 Å². The monoisotopic (exact) mass is 507 g/mol. The Kier molecular flexibility index (Phi) is 8.04. The van der Waals surface area contributed by atoms with Crippen molar-refractivity contribution >= 4 is 54.5 Å². The van der Waals surface area contributed by atoms with Crippen LogP contribution in [0.2, 0.25) is 30.7 Å². The smallest absolute Gasteiger partial charge is 0.413 e. The first-order chi connectivity index (χ1) is 15.4. The van der Waals surface area contributed by atoms with Gasteiger partial charge in [0.05, 0.1) is 11.2 Å². The lowest BCUT2D eigenvalue weighted by Crippen LogP contribution is -2.27. The molecule has 0 bridgehead atoms. The zero-order valence-corrected chi connectivity index (χ0v) is 22.4. The largest absolute Gasteiger partial charge is 0.444 e. The molecule has 0 saturated heterocycles. The van der Waals surface area contributed by atoms with Crippen molar-refractivity contribution in [2.45, 2.75) is 68.7 Å². The van der Waals surface area contributed by atoms with Crippen LogP contribution in [0.1, 0.15) is 20.8 Å². The maximum Gasteiger partial charge on any atom is 0.413 e. The second-order valence-electron chi connectivity index (χ2n) is 9.75. The zero-order valence-electron chi connectivity index (χ0n) is 19.8. The molecule has 1 amide bonds. The van der Waals surface area contributed by atoms with Gasteiger partial charge in [-0.2, -0.15) is 0 Å². The number of amides is 1. The number of pyridine rings is 1. The van der Waals surface area contributed by atoms with E-state index in [1.165, 1.54) is 11.8 Å². The van der Waals surface area contributed by atoms with Gasteiger partial charge in [-0.3, -0.25) is 5.32 Å². The number of ether oxygens (including phenoxy) is 2. The van der Waals surface area contributed by atoms with Gasteiger partial charge < -0.3 is 14.0 Å². The standard InChI is InChI=1S/C22H30ClN5O3SSi/c1-22(2,3)31-21(29)27-19-18(23)16(7-9-24-19)32-17-13-25-20-15(26-17)8-10-28(20)14-30-11-12-33(4,5)6/h7-10,13H,11-12,14H2,1-6H3,(H,24,27,29). The summed E-state index contributed by atoms with van der Waals surface area (Å²) >= 11 is 7.82. The maximum absolute atomic E-state index is 12.1. The number of carbonyl (C=O) groups excluding carboxylic acids is 1. The molecule has 0 radical (unpaired) electrons. The van der Waals surface area contributed by atoms with Crippen molar-refractivity contribution in [1.82, 2.24) is 19.5 Å². The third kappa shape index (κ3) is 7.70. The lowest BCUT2D eigenvalue weighted by Gasteiger charge is -2.19. The molecule has 0 atom stereocenters. The molecule has 0 unspecified atom stereocenters. The van der Waals surface area contributed by atoms with Crippen molar-refractivity contribution in [3.05, 3.63) is 35.7 Å². The summed E-state index contributed by atoms with van der Waals surface area (Å²) in [4.78, 5) is 26.2. The number of fused-ring (bicyclic) bond motifs is 1. The lowest BCUT2D eigenvalue weighted by molar-refractivity contribution is 0.0635. The van der Waals surface area contributed by atoms with E-state index in [0.717, 1.165) is 23.8 Å². The van der Waals surface area contributed by atoms with Gasteiger partial charge in [0, 0.05) is 32.0 Å². The molecular formula is C22H30ClN5O3SSi. The molecule has 0 aliphatic rings. The van der Waals surface area contributed by atoms with Gasteiger partial charge in [-0.1, -0.05) is 43.0 Å². The molecule has 0 aliphatic heterocycles. The van der Waals surface area contributed by atoms with Gasteiger partial charge >= 0.3 is 6.09 Å². The summed E-state index contributed by atoms with van der Waals surface area (Å²) in [6.45, 7) is 13.6. The summed E-state index contributed by atoms with van der Waals surface area (Å²) in [7, 11) is -1.12. The Morgan fingerprint density at radius 2 is 2.00 bits per heavy atom. The summed E-state index contributed by atoms with van der Waals surface area (Å²) in [6.07, 6.45) is 4.58. The van der Waals surface area contributed by atoms with Gasteiger partial charge in [0.2, 0.25) is 0 Å². The summed E-state index contributed by atoms with van der Waals surface area (Å²) in [5, 5.41) is 3.58. The van der Waals surface area contributed by atoms with Gasteiger partial charge in [0.25, 0.3) is 0 Å². The van der Waals surface area contributed by atoms with Crippen LogP contribution >= 0.6 is 23.4 Å². The molecule has 33 heavy (non-hydrogen) atoms. The highest BCUT2D eigenvalue weighted by Crippen LogP contribution is 2.36. The van der Waals surface area contributed by atoms with Crippen molar-refractivity contribution in [3.8, 4) is 0 Å². The number of aromatic nitrogens is 4. The topological polar surface area (TPSA) is 91.2 Å². The average Bonchev–Trinajstić information content (AvgIpc) is 3.08. The van der Waals surface area contributed by atoms with Crippen LogP contribution in [0.5, 0.6) is 0 Å². The molecule has 0 aromatic carbocycles. The second kappa shape index (κ2) is 10.4. The Hall–Kier alpha value is -2.14. The van der Waals surface area contributed by atoms with Crippen molar-refractivity contribution < 1.29 is 14.3 Å². The lowest BCUT2D eigenvalue weighted by atomic mass is 10.2. The Balaban J connectivity index is 1.68. The number of anilines is 1. The normalized spacial score (nSPS) is 12.2. The molecule has 178 valence electrons. The van der Waals surface area contributed by atoms with E-state index in [2.05, 4.69) is 39.9 Å². The number of nitrogens with zero attached hydrogens (tertiary/aromatic N) is 4. The highest BCUT2D eigenvalue weighted by atomic mass is 35.5. The molecule has 0 aliphatic carbocycles. The number of carbonyl (C=O) groups is 1. The van der Waals surface area contributed by atoms with Gasteiger partial charge in [-0.25, -0.2) is 19.7 Å². The Bertz CT molecular complexity index is 1130. The molecule has 1 N–H and O–H groups in total. The van der Waals surface area contributed by atoms with Crippen LogP contribution < -0.4 is 5.32 Å². The average molecular weight is 508 g/mol. The Labute approximate surface area is 204 Å². The number of nitrogens with one attached hydrogen (secondary N) is 1. The highest BCUT2D eigenvalue weighted by Gasteiger charge is 2.19. The molecule has 0 saturated carbocycles. The molecule has 3 aromatic heterocycles. The molecule has 0 fully saturated rings. The summed E-state index contributed by atoms with van der Waals surface area (Å²) < 4.78 is 13.1. The Morgan fingerprint density at radius 1 is 1.24 bits per heavy atom. The molecule has 11 heteroatoms.